The Labute approximate surface area is 124 Å². The Kier molecular flexibility index (Phi) is 4.99. The van der Waals surface area contributed by atoms with Gasteiger partial charge in [-0.3, -0.25) is 0 Å². The molecule has 0 aliphatic rings. The Morgan fingerprint density at radius 3 is 2.63 bits per heavy atom. The molecule has 0 atom stereocenters. The first-order valence-electron chi connectivity index (χ1n) is 5.81. The van der Waals surface area contributed by atoms with E-state index in [2.05, 4.69) is 15.9 Å². The zero-order valence-corrected chi connectivity index (χ0v) is 12.9. The summed E-state index contributed by atoms with van der Waals surface area (Å²) in [4.78, 5) is 14.5. The molecule has 0 aliphatic heterocycles. The molecule has 100 valence electrons. The Bertz CT molecular complexity index is 541. The van der Waals surface area contributed by atoms with Crippen LogP contribution in [0.25, 0.3) is 0 Å². The molecule has 0 radical (unpaired) electrons. The highest BCUT2D eigenvalue weighted by Crippen LogP contribution is 2.23. The maximum Gasteiger partial charge on any atom is 0.410 e. The summed E-state index contributed by atoms with van der Waals surface area (Å²) in [5, 5.41) is 0. The van der Waals surface area contributed by atoms with Gasteiger partial charge in [-0.15, -0.1) is 11.3 Å². The molecule has 0 saturated carbocycles. The third-order valence-corrected chi connectivity index (χ3v) is 4.15. The number of carbonyl (C=O) groups excluding carboxylic acids is 1. The summed E-state index contributed by atoms with van der Waals surface area (Å²) in [6, 6.07) is 13.6. The summed E-state index contributed by atoms with van der Waals surface area (Å²) in [6.45, 7) is 0.863. The minimum absolute atomic E-state index is 0.304. The third kappa shape index (κ3) is 4.36. The molecule has 5 heteroatoms. The van der Waals surface area contributed by atoms with Gasteiger partial charge in [-0.1, -0.05) is 30.3 Å². The summed E-state index contributed by atoms with van der Waals surface area (Å²) >= 11 is 5.02. The molecule has 2 aromatic rings. The van der Waals surface area contributed by atoms with Crippen LogP contribution in [0.2, 0.25) is 0 Å². The quantitative estimate of drug-likeness (QED) is 0.831. The normalized spacial score (nSPS) is 10.2. The first kappa shape index (κ1) is 14.1. The van der Waals surface area contributed by atoms with Gasteiger partial charge in [-0.05, 0) is 33.6 Å². The second kappa shape index (κ2) is 6.73. The van der Waals surface area contributed by atoms with Gasteiger partial charge in [0.25, 0.3) is 0 Å². The number of nitrogens with zero attached hydrogens (tertiary/aromatic N) is 1. The van der Waals surface area contributed by atoms with Gasteiger partial charge in [0.05, 0.1) is 10.3 Å². The predicted molar refractivity (Wildman–Crippen MR) is 80.1 cm³/mol. The summed E-state index contributed by atoms with van der Waals surface area (Å²) in [5.74, 6) is 0. The van der Waals surface area contributed by atoms with E-state index in [1.165, 1.54) is 0 Å². The van der Waals surface area contributed by atoms with Crippen molar-refractivity contribution >= 4 is 33.4 Å². The molecule has 0 spiro atoms. The molecule has 3 nitrogen and oxygen atoms in total. The van der Waals surface area contributed by atoms with Crippen molar-refractivity contribution in [2.75, 3.05) is 7.05 Å². The fourth-order valence-electron chi connectivity index (χ4n) is 1.56. The molecular formula is C14H14BrNO2S. The van der Waals surface area contributed by atoms with Gasteiger partial charge >= 0.3 is 6.09 Å². The summed E-state index contributed by atoms with van der Waals surface area (Å²) in [6.07, 6.45) is -0.312. The molecule has 0 unspecified atom stereocenters. The van der Waals surface area contributed by atoms with Gasteiger partial charge in [-0.25, -0.2) is 4.79 Å². The molecule has 0 N–H and O–H groups in total. The van der Waals surface area contributed by atoms with Crippen LogP contribution < -0.4 is 0 Å². The minimum Gasteiger partial charge on any atom is -0.445 e. The van der Waals surface area contributed by atoms with Crippen LogP contribution in [0.4, 0.5) is 4.79 Å². The first-order valence-corrected chi connectivity index (χ1v) is 7.42. The number of hydrogen-bond donors (Lipinski definition) is 0. The topological polar surface area (TPSA) is 29.5 Å². The lowest BCUT2D eigenvalue weighted by molar-refractivity contribution is 0.103. The average Bonchev–Trinajstić information content (AvgIpc) is 2.82. The lowest BCUT2D eigenvalue weighted by Crippen LogP contribution is -2.26. The molecule has 0 aliphatic carbocycles. The number of rotatable bonds is 4. The highest BCUT2D eigenvalue weighted by Gasteiger charge is 2.11. The smallest absolute Gasteiger partial charge is 0.410 e. The van der Waals surface area contributed by atoms with Crippen LogP contribution in [-0.2, 0) is 17.9 Å². The molecule has 1 amide bonds. The molecule has 1 heterocycles. The third-order valence-electron chi connectivity index (χ3n) is 2.54. The van der Waals surface area contributed by atoms with Crippen molar-refractivity contribution in [1.29, 1.82) is 0 Å². The van der Waals surface area contributed by atoms with Crippen molar-refractivity contribution in [1.82, 2.24) is 4.90 Å². The van der Waals surface area contributed by atoms with E-state index in [9.17, 15) is 4.79 Å². The summed E-state index contributed by atoms with van der Waals surface area (Å²) in [5.41, 5.74) is 0.989. The lowest BCUT2D eigenvalue weighted by atomic mass is 10.2. The monoisotopic (exact) mass is 339 g/mol. The van der Waals surface area contributed by atoms with Crippen molar-refractivity contribution in [3.8, 4) is 0 Å². The van der Waals surface area contributed by atoms with Crippen LogP contribution in [0.1, 0.15) is 10.4 Å². The molecular weight excluding hydrogens is 326 g/mol. The van der Waals surface area contributed by atoms with Crippen molar-refractivity contribution in [3.05, 3.63) is 56.7 Å². The highest BCUT2D eigenvalue weighted by molar-refractivity contribution is 9.11. The fourth-order valence-corrected chi connectivity index (χ4v) is 3.10. The first-order chi connectivity index (χ1) is 9.15. The fraction of sp³-hybridized carbons (Fsp3) is 0.214. The van der Waals surface area contributed by atoms with Crippen LogP contribution in [0.15, 0.2) is 46.3 Å². The van der Waals surface area contributed by atoms with E-state index >= 15 is 0 Å². The molecule has 0 saturated heterocycles. The Balaban J connectivity index is 1.82. The summed E-state index contributed by atoms with van der Waals surface area (Å²) < 4.78 is 6.31. The van der Waals surface area contributed by atoms with Crippen molar-refractivity contribution in [2.24, 2.45) is 0 Å². The van der Waals surface area contributed by atoms with E-state index in [4.69, 9.17) is 4.74 Å². The van der Waals surface area contributed by atoms with Gasteiger partial charge < -0.3 is 9.64 Å². The van der Waals surface area contributed by atoms with E-state index in [0.717, 1.165) is 14.2 Å². The maximum absolute atomic E-state index is 11.8. The van der Waals surface area contributed by atoms with Crippen LogP contribution in [0.3, 0.4) is 0 Å². The summed E-state index contributed by atoms with van der Waals surface area (Å²) in [7, 11) is 1.74. The highest BCUT2D eigenvalue weighted by atomic mass is 79.9. The van der Waals surface area contributed by atoms with Crippen molar-refractivity contribution < 1.29 is 9.53 Å². The molecule has 0 bridgehead atoms. The molecule has 2 rings (SSSR count). The van der Waals surface area contributed by atoms with Crippen LogP contribution in [0.5, 0.6) is 0 Å². The van der Waals surface area contributed by atoms with E-state index < -0.39 is 0 Å². The SMILES string of the molecule is CN(Cc1ccc(Br)s1)C(=O)OCc1ccccc1. The zero-order valence-electron chi connectivity index (χ0n) is 10.5. The second-order valence-electron chi connectivity index (χ2n) is 4.10. The predicted octanol–water partition coefficient (Wildman–Crippen LogP) is 4.28. The number of ether oxygens (including phenoxy) is 1. The van der Waals surface area contributed by atoms with E-state index in [1.807, 2.05) is 42.5 Å². The zero-order chi connectivity index (χ0) is 13.7. The number of hydrogen-bond acceptors (Lipinski definition) is 3. The van der Waals surface area contributed by atoms with Gasteiger partial charge in [0.2, 0.25) is 0 Å². The minimum atomic E-state index is -0.312. The van der Waals surface area contributed by atoms with Gasteiger partial charge in [0, 0.05) is 11.9 Å². The van der Waals surface area contributed by atoms with Gasteiger partial charge in [0.15, 0.2) is 0 Å². The Morgan fingerprint density at radius 2 is 2.00 bits per heavy atom. The Morgan fingerprint density at radius 1 is 1.26 bits per heavy atom. The van der Waals surface area contributed by atoms with Crippen LogP contribution in [0, 0.1) is 0 Å². The van der Waals surface area contributed by atoms with Crippen molar-refractivity contribution in [3.63, 3.8) is 0 Å². The lowest BCUT2D eigenvalue weighted by Gasteiger charge is -2.16. The molecule has 1 aromatic heterocycles. The number of thiophene rings is 1. The van der Waals surface area contributed by atoms with Crippen molar-refractivity contribution in [2.45, 2.75) is 13.2 Å². The van der Waals surface area contributed by atoms with E-state index in [-0.39, 0.29) is 6.09 Å². The number of amides is 1. The standard InChI is InChI=1S/C14H14BrNO2S/c1-16(9-12-7-8-13(15)19-12)14(17)18-10-11-5-3-2-4-6-11/h2-8H,9-10H2,1H3. The second-order valence-corrected chi connectivity index (χ2v) is 6.65. The van der Waals surface area contributed by atoms with E-state index in [1.54, 1.807) is 23.3 Å². The molecule has 1 aromatic carbocycles. The number of halogens is 1. The van der Waals surface area contributed by atoms with Gasteiger partial charge in [0.1, 0.15) is 6.61 Å². The van der Waals surface area contributed by atoms with E-state index in [0.29, 0.717) is 13.2 Å². The molecule has 19 heavy (non-hydrogen) atoms. The van der Waals surface area contributed by atoms with Crippen LogP contribution >= 0.6 is 27.3 Å². The number of benzene rings is 1. The molecule has 0 fully saturated rings. The maximum atomic E-state index is 11.8. The van der Waals surface area contributed by atoms with Gasteiger partial charge in [-0.2, -0.15) is 0 Å². The van der Waals surface area contributed by atoms with Crippen LogP contribution in [-0.4, -0.2) is 18.0 Å². The largest absolute Gasteiger partial charge is 0.445 e. The number of carbonyl (C=O) groups is 1. The average molecular weight is 340 g/mol. The Hall–Kier alpha value is -1.33.